The molecule has 0 bridgehead atoms. The zero-order valence-corrected chi connectivity index (χ0v) is 13.2. The van der Waals surface area contributed by atoms with Crippen LogP contribution in [0.1, 0.15) is 24.8 Å². The van der Waals surface area contributed by atoms with Crippen LogP contribution >= 0.6 is 27.7 Å². The molecule has 1 aliphatic rings. The van der Waals surface area contributed by atoms with E-state index in [1.54, 1.807) is 30.0 Å². The highest BCUT2D eigenvalue weighted by molar-refractivity contribution is 9.10. The van der Waals surface area contributed by atoms with E-state index in [2.05, 4.69) is 26.4 Å². The quantitative estimate of drug-likeness (QED) is 0.336. The Hall–Kier alpha value is -1.21. The third-order valence-electron chi connectivity index (χ3n) is 3.10. The minimum atomic E-state index is 0.0272. The Balaban J connectivity index is 2.07. The van der Waals surface area contributed by atoms with Gasteiger partial charge in [-0.05, 0) is 52.7 Å². The van der Waals surface area contributed by atoms with Crippen LogP contribution in [0.2, 0.25) is 0 Å². The summed E-state index contributed by atoms with van der Waals surface area (Å²) in [5, 5.41) is 14.5. The molecule has 0 aliphatic carbocycles. The molecule has 20 heavy (non-hydrogen) atoms. The number of rotatable bonds is 3. The number of anilines is 1. The van der Waals surface area contributed by atoms with Crippen molar-refractivity contribution in [2.24, 2.45) is 10.9 Å². The highest BCUT2D eigenvalue weighted by Crippen LogP contribution is 2.28. The molecule has 1 amide bonds. The summed E-state index contributed by atoms with van der Waals surface area (Å²) >= 11 is 5.09. The fourth-order valence-corrected chi connectivity index (χ4v) is 3.67. The number of oxime groups is 1. The molecule has 0 saturated carbocycles. The van der Waals surface area contributed by atoms with E-state index in [1.807, 2.05) is 0 Å². The Morgan fingerprint density at radius 3 is 2.90 bits per heavy atom. The van der Waals surface area contributed by atoms with E-state index >= 15 is 0 Å². The van der Waals surface area contributed by atoms with Crippen molar-refractivity contribution in [3.05, 3.63) is 28.2 Å². The van der Waals surface area contributed by atoms with Crippen molar-refractivity contribution in [1.29, 1.82) is 0 Å². The molecule has 1 heterocycles. The van der Waals surface area contributed by atoms with Crippen LogP contribution in [-0.4, -0.2) is 28.0 Å². The number of benzene rings is 1. The number of amidine groups is 1. The van der Waals surface area contributed by atoms with Gasteiger partial charge >= 0.3 is 0 Å². The maximum atomic E-state index is 12.2. The molecule has 1 fully saturated rings. The average Bonchev–Trinajstić information content (AvgIpc) is 2.49. The normalized spacial score (nSPS) is 19.6. The molecule has 1 unspecified atom stereocenters. The summed E-state index contributed by atoms with van der Waals surface area (Å²) in [5.41, 5.74) is 6.80. The van der Waals surface area contributed by atoms with Gasteiger partial charge < -0.3 is 16.3 Å². The van der Waals surface area contributed by atoms with Crippen LogP contribution in [0.3, 0.4) is 0 Å². The predicted octanol–water partition coefficient (Wildman–Crippen LogP) is 2.77. The first-order valence-corrected chi connectivity index (χ1v) is 8.16. The van der Waals surface area contributed by atoms with Gasteiger partial charge in [0.15, 0.2) is 5.84 Å². The highest BCUT2D eigenvalue weighted by atomic mass is 79.9. The molecule has 2 rings (SSSR count). The first-order valence-electron chi connectivity index (χ1n) is 6.31. The van der Waals surface area contributed by atoms with E-state index in [1.165, 1.54) is 6.42 Å². The van der Waals surface area contributed by atoms with Gasteiger partial charge in [-0.1, -0.05) is 11.6 Å². The minimum absolute atomic E-state index is 0.0272. The van der Waals surface area contributed by atoms with Crippen LogP contribution in [0.15, 0.2) is 27.8 Å². The Bertz CT molecular complexity index is 530. The number of halogens is 1. The molecule has 1 aliphatic heterocycles. The monoisotopic (exact) mass is 357 g/mol. The van der Waals surface area contributed by atoms with Crippen LogP contribution in [0.4, 0.5) is 5.69 Å². The first-order chi connectivity index (χ1) is 9.61. The molecule has 5 nitrogen and oxygen atoms in total. The standard InChI is InChI=1S/C13H16BrN3O2S/c14-9-7-8(12(15)17-19)4-5-10(9)16-13(18)11-3-1-2-6-20-11/h4-5,7,11,19H,1-3,6H2,(H2,15,17)(H,16,18). The van der Waals surface area contributed by atoms with Crippen LogP contribution in [0.5, 0.6) is 0 Å². The van der Waals surface area contributed by atoms with E-state index in [0.717, 1.165) is 18.6 Å². The summed E-state index contributed by atoms with van der Waals surface area (Å²) in [7, 11) is 0. The summed E-state index contributed by atoms with van der Waals surface area (Å²) in [6, 6.07) is 5.14. The fourth-order valence-electron chi connectivity index (χ4n) is 1.99. The number of amides is 1. The maximum Gasteiger partial charge on any atom is 0.237 e. The van der Waals surface area contributed by atoms with Crippen LogP contribution < -0.4 is 11.1 Å². The third-order valence-corrected chi connectivity index (χ3v) is 5.14. The third kappa shape index (κ3) is 3.67. The number of thioether (sulfide) groups is 1. The SMILES string of the molecule is N/C(=N/O)c1ccc(NC(=O)C2CCCCS2)c(Br)c1. The summed E-state index contributed by atoms with van der Waals surface area (Å²) < 4.78 is 0.704. The van der Waals surface area contributed by atoms with Crippen molar-refractivity contribution in [1.82, 2.24) is 0 Å². The first kappa shape index (κ1) is 15.2. The van der Waals surface area contributed by atoms with Crippen LogP contribution in [0, 0.1) is 0 Å². The van der Waals surface area contributed by atoms with Crippen molar-refractivity contribution in [2.45, 2.75) is 24.5 Å². The molecule has 7 heteroatoms. The lowest BCUT2D eigenvalue weighted by Crippen LogP contribution is -2.27. The van der Waals surface area contributed by atoms with Gasteiger partial charge in [-0.2, -0.15) is 0 Å². The summed E-state index contributed by atoms with van der Waals surface area (Å²) in [6.45, 7) is 0. The van der Waals surface area contributed by atoms with E-state index in [4.69, 9.17) is 10.9 Å². The van der Waals surface area contributed by atoms with Gasteiger partial charge in [-0.3, -0.25) is 4.79 Å². The van der Waals surface area contributed by atoms with Gasteiger partial charge in [-0.25, -0.2) is 0 Å². The average molecular weight is 358 g/mol. The lowest BCUT2D eigenvalue weighted by atomic mass is 10.1. The second-order valence-corrected chi connectivity index (χ2v) is 6.69. The molecule has 1 atom stereocenters. The topological polar surface area (TPSA) is 87.7 Å². The molecule has 0 radical (unpaired) electrons. The number of nitrogens with zero attached hydrogens (tertiary/aromatic N) is 1. The molecule has 1 aromatic rings. The van der Waals surface area contributed by atoms with E-state index in [-0.39, 0.29) is 17.0 Å². The van der Waals surface area contributed by atoms with Crippen LogP contribution in [0.25, 0.3) is 0 Å². The van der Waals surface area contributed by atoms with Gasteiger partial charge in [0.1, 0.15) is 0 Å². The molecular weight excluding hydrogens is 342 g/mol. The zero-order chi connectivity index (χ0) is 14.5. The Morgan fingerprint density at radius 2 is 2.30 bits per heavy atom. The summed E-state index contributed by atoms with van der Waals surface area (Å²) in [5.74, 6) is 1.11. The zero-order valence-electron chi connectivity index (χ0n) is 10.8. The number of carbonyl (C=O) groups is 1. The molecule has 4 N–H and O–H groups in total. The van der Waals surface area contributed by atoms with Crippen molar-refractivity contribution in [3.8, 4) is 0 Å². The Kier molecular flexibility index (Phi) is 5.31. The maximum absolute atomic E-state index is 12.2. The number of hydrogen-bond acceptors (Lipinski definition) is 4. The number of nitrogens with two attached hydrogens (primary N) is 1. The Labute approximate surface area is 130 Å². The van der Waals surface area contributed by atoms with Crippen molar-refractivity contribution in [3.63, 3.8) is 0 Å². The molecule has 1 saturated heterocycles. The van der Waals surface area contributed by atoms with Crippen molar-refractivity contribution >= 4 is 45.1 Å². The van der Waals surface area contributed by atoms with Crippen LogP contribution in [-0.2, 0) is 4.79 Å². The van der Waals surface area contributed by atoms with Gasteiger partial charge in [0.25, 0.3) is 0 Å². The fraction of sp³-hybridized carbons (Fsp3) is 0.385. The second-order valence-electron chi connectivity index (χ2n) is 4.52. The number of hydrogen-bond donors (Lipinski definition) is 3. The highest BCUT2D eigenvalue weighted by Gasteiger charge is 2.22. The van der Waals surface area contributed by atoms with E-state index in [0.29, 0.717) is 15.7 Å². The molecule has 0 aromatic heterocycles. The lowest BCUT2D eigenvalue weighted by molar-refractivity contribution is -0.115. The van der Waals surface area contributed by atoms with Crippen molar-refractivity contribution in [2.75, 3.05) is 11.1 Å². The minimum Gasteiger partial charge on any atom is -0.409 e. The van der Waals surface area contributed by atoms with Gasteiger partial charge in [0.2, 0.25) is 5.91 Å². The number of nitrogens with one attached hydrogen (secondary N) is 1. The molecule has 108 valence electrons. The van der Waals surface area contributed by atoms with Gasteiger partial charge in [0.05, 0.1) is 10.9 Å². The van der Waals surface area contributed by atoms with Gasteiger partial charge in [0, 0.05) is 10.0 Å². The van der Waals surface area contributed by atoms with Crippen molar-refractivity contribution < 1.29 is 10.0 Å². The summed E-state index contributed by atoms with van der Waals surface area (Å²) in [6.07, 6.45) is 3.22. The largest absolute Gasteiger partial charge is 0.409 e. The predicted molar refractivity (Wildman–Crippen MR) is 85.4 cm³/mol. The summed E-state index contributed by atoms with van der Waals surface area (Å²) in [4.78, 5) is 12.2. The number of carbonyl (C=O) groups excluding carboxylic acids is 1. The molecule has 1 aromatic carbocycles. The molecular formula is C13H16BrN3O2S. The lowest BCUT2D eigenvalue weighted by Gasteiger charge is -2.20. The Morgan fingerprint density at radius 1 is 1.50 bits per heavy atom. The van der Waals surface area contributed by atoms with Gasteiger partial charge in [-0.15, -0.1) is 11.8 Å². The van der Waals surface area contributed by atoms with E-state index < -0.39 is 0 Å². The smallest absolute Gasteiger partial charge is 0.237 e. The van der Waals surface area contributed by atoms with E-state index in [9.17, 15) is 4.79 Å². The second kappa shape index (κ2) is 6.99. The molecule has 0 spiro atoms.